The highest BCUT2D eigenvalue weighted by Crippen LogP contribution is 2.31. The predicted molar refractivity (Wildman–Crippen MR) is 97.9 cm³/mol. The molecule has 1 saturated heterocycles. The Morgan fingerprint density at radius 1 is 1.22 bits per heavy atom. The molecular weight excluding hydrogens is 355 g/mol. The van der Waals surface area contributed by atoms with Gasteiger partial charge in [-0.25, -0.2) is 4.98 Å². The first kappa shape index (κ1) is 19.2. The Morgan fingerprint density at radius 2 is 2.04 bits per heavy atom. The predicted octanol–water partition coefficient (Wildman–Crippen LogP) is 5.25. The lowest BCUT2D eigenvalue weighted by Crippen LogP contribution is -2.43. The summed E-state index contributed by atoms with van der Waals surface area (Å²) in [6.07, 6.45) is 1.14. The summed E-state index contributed by atoms with van der Waals surface area (Å²) in [7, 11) is 0. The van der Waals surface area contributed by atoms with Crippen molar-refractivity contribution in [1.29, 1.82) is 0 Å². The third kappa shape index (κ3) is 4.59. The molecule has 1 atom stereocenters. The number of anilines is 2. The molecule has 1 aromatic carbocycles. The number of likely N-dealkylation sites (tertiary alicyclic amines) is 1. The van der Waals surface area contributed by atoms with E-state index in [2.05, 4.69) is 17.2 Å². The third-order valence-corrected chi connectivity index (χ3v) is 4.82. The minimum atomic E-state index is -4.39. The summed E-state index contributed by atoms with van der Waals surface area (Å²) in [5.41, 5.74) is 0.470. The summed E-state index contributed by atoms with van der Waals surface area (Å²) in [4.78, 5) is 18.8. The lowest BCUT2D eigenvalue weighted by atomic mass is 9.99. The molecule has 1 aliphatic rings. The van der Waals surface area contributed by atoms with Crippen molar-refractivity contribution in [3.05, 3.63) is 53.9 Å². The van der Waals surface area contributed by atoms with Crippen molar-refractivity contribution in [2.24, 2.45) is 0 Å². The van der Waals surface area contributed by atoms with E-state index in [-0.39, 0.29) is 11.9 Å². The van der Waals surface area contributed by atoms with Gasteiger partial charge in [-0.1, -0.05) is 13.0 Å². The number of carbonyl (C=O) groups excluding carboxylic acids is 1. The van der Waals surface area contributed by atoms with Crippen molar-refractivity contribution < 1.29 is 18.0 Å². The van der Waals surface area contributed by atoms with E-state index in [1.807, 2.05) is 4.90 Å². The van der Waals surface area contributed by atoms with E-state index in [0.717, 1.165) is 44.4 Å². The minimum absolute atomic E-state index is 0.0906. The number of alkyl halides is 3. The van der Waals surface area contributed by atoms with Crippen LogP contribution in [0.4, 0.5) is 24.5 Å². The molecule has 1 fully saturated rings. The Kier molecular flexibility index (Phi) is 5.68. The highest BCUT2D eigenvalue weighted by atomic mass is 19.4. The van der Waals surface area contributed by atoms with Crippen molar-refractivity contribution in [2.75, 3.05) is 11.9 Å². The van der Waals surface area contributed by atoms with Gasteiger partial charge < -0.3 is 10.2 Å². The van der Waals surface area contributed by atoms with E-state index < -0.39 is 11.7 Å². The third-order valence-electron chi connectivity index (χ3n) is 4.82. The standard InChI is InChI=1S/C20H22F3N3O/c1-2-17-8-3-4-11-26(17)19(27)18-10-9-16(13-24-18)25-15-7-5-6-14(12-15)20(21,22)23/h5-7,9-10,12-13,17,25H,2-4,8,11H2,1H3. The number of halogens is 3. The number of benzene rings is 1. The zero-order valence-electron chi connectivity index (χ0n) is 15.1. The van der Waals surface area contributed by atoms with Gasteiger partial charge in [0.15, 0.2) is 0 Å². The molecule has 1 amide bonds. The smallest absolute Gasteiger partial charge is 0.354 e. The number of aromatic nitrogens is 1. The Hall–Kier alpha value is -2.57. The van der Waals surface area contributed by atoms with Crippen LogP contribution in [0, 0.1) is 0 Å². The Morgan fingerprint density at radius 3 is 2.70 bits per heavy atom. The van der Waals surface area contributed by atoms with Gasteiger partial charge in [0, 0.05) is 18.3 Å². The largest absolute Gasteiger partial charge is 0.416 e. The highest BCUT2D eigenvalue weighted by molar-refractivity contribution is 5.92. The molecule has 2 heterocycles. The maximum absolute atomic E-state index is 12.8. The van der Waals surface area contributed by atoms with Crippen LogP contribution in [-0.4, -0.2) is 28.4 Å². The van der Waals surface area contributed by atoms with Gasteiger partial charge in [-0.15, -0.1) is 0 Å². The van der Waals surface area contributed by atoms with Crippen LogP contribution in [-0.2, 0) is 6.18 Å². The molecule has 1 unspecified atom stereocenters. The lowest BCUT2D eigenvalue weighted by molar-refractivity contribution is -0.137. The maximum atomic E-state index is 12.8. The van der Waals surface area contributed by atoms with Crippen LogP contribution in [0.2, 0.25) is 0 Å². The summed E-state index contributed by atoms with van der Waals surface area (Å²) in [6, 6.07) is 8.47. The van der Waals surface area contributed by atoms with Gasteiger partial charge in [0.05, 0.1) is 17.4 Å². The summed E-state index contributed by atoms with van der Waals surface area (Å²) in [5.74, 6) is -0.0906. The summed E-state index contributed by atoms with van der Waals surface area (Å²) in [6.45, 7) is 2.81. The monoisotopic (exact) mass is 377 g/mol. The van der Waals surface area contributed by atoms with E-state index >= 15 is 0 Å². The van der Waals surface area contributed by atoms with Crippen LogP contribution < -0.4 is 5.32 Å². The molecule has 1 N–H and O–H groups in total. The number of pyridine rings is 1. The van der Waals surface area contributed by atoms with Crippen molar-refractivity contribution >= 4 is 17.3 Å². The number of carbonyl (C=O) groups is 1. The van der Waals surface area contributed by atoms with E-state index in [1.165, 1.54) is 12.3 Å². The van der Waals surface area contributed by atoms with Crippen LogP contribution in [0.25, 0.3) is 0 Å². The lowest BCUT2D eigenvalue weighted by Gasteiger charge is -2.35. The van der Waals surface area contributed by atoms with E-state index in [4.69, 9.17) is 0 Å². The number of hydrogen-bond donors (Lipinski definition) is 1. The Labute approximate surface area is 156 Å². The van der Waals surface area contributed by atoms with Crippen molar-refractivity contribution in [2.45, 2.75) is 44.8 Å². The van der Waals surface area contributed by atoms with Gasteiger partial charge in [0.25, 0.3) is 5.91 Å². The molecule has 0 bridgehead atoms. The first-order chi connectivity index (χ1) is 12.9. The molecule has 0 spiro atoms. The van der Waals surface area contributed by atoms with Gasteiger partial charge >= 0.3 is 6.18 Å². The van der Waals surface area contributed by atoms with Crippen molar-refractivity contribution in [3.8, 4) is 0 Å². The zero-order valence-corrected chi connectivity index (χ0v) is 15.1. The average Bonchev–Trinajstić information content (AvgIpc) is 2.67. The zero-order chi connectivity index (χ0) is 19.4. The fourth-order valence-corrected chi connectivity index (χ4v) is 3.37. The van der Waals surface area contributed by atoms with Crippen molar-refractivity contribution in [1.82, 2.24) is 9.88 Å². The van der Waals surface area contributed by atoms with E-state index in [1.54, 1.807) is 18.2 Å². The fraction of sp³-hybridized carbons (Fsp3) is 0.400. The second kappa shape index (κ2) is 7.98. The number of amides is 1. The molecule has 1 aliphatic heterocycles. The molecule has 7 heteroatoms. The number of rotatable bonds is 4. The normalized spacial score (nSPS) is 17.6. The minimum Gasteiger partial charge on any atom is -0.354 e. The molecule has 27 heavy (non-hydrogen) atoms. The molecule has 0 radical (unpaired) electrons. The van der Waals surface area contributed by atoms with Gasteiger partial charge in [-0.2, -0.15) is 13.2 Å². The number of piperidine rings is 1. The second-order valence-electron chi connectivity index (χ2n) is 6.69. The summed E-state index contributed by atoms with van der Waals surface area (Å²) >= 11 is 0. The molecule has 0 saturated carbocycles. The van der Waals surface area contributed by atoms with Crippen LogP contribution >= 0.6 is 0 Å². The van der Waals surface area contributed by atoms with Crippen LogP contribution in [0.1, 0.15) is 48.7 Å². The fourth-order valence-electron chi connectivity index (χ4n) is 3.37. The summed E-state index contributed by atoms with van der Waals surface area (Å²) in [5, 5.41) is 2.89. The first-order valence-corrected chi connectivity index (χ1v) is 9.10. The van der Waals surface area contributed by atoms with Crippen molar-refractivity contribution in [3.63, 3.8) is 0 Å². The molecular formula is C20H22F3N3O. The quantitative estimate of drug-likeness (QED) is 0.792. The topological polar surface area (TPSA) is 45.2 Å². The molecule has 0 aliphatic carbocycles. The molecule has 144 valence electrons. The number of hydrogen-bond acceptors (Lipinski definition) is 3. The summed E-state index contributed by atoms with van der Waals surface area (Å²) < 4.78 is 38.4. The van der Waals surface area contributed by atoms with Gasteiger partial charge in [0.1, 0.15) is 5.69 Å². The number of nitrogens with one attached hydrogen (secondary N) is 1. The molecule has 3 rings (SSSR count). The highest BCUT2D eigenvalue weighted by Gasteiger charge is 2.30. The molecule has 4 nitrogen and oxygen atoms in total. The SMILES string of the molecule is CCC1CCCCN1C(=O)c1ccc(Nc2cccc(C(F)(F)F)c2)cn1. The second-order valence-corrected chi connectivity index (χ2v) is 6.69. The number of nitrogens with zero attached hydrogens (tertiary/aromatic N) is 2. The Bertz CT molecular complexity index is 790. The van der Waals surface area contributed by atoms with Crippen LogP contribution in [0.15, 0.2) is 42.6 Å². The van der Waals surface area contributed by atoms with Gasteiger partial charge in [0.2, 0.25) is 0 Å². The van der Waals surface area contributed by atoms with Gasteiger partial charge in [-0.05, 0) is 56.0 Å². The van der Waals surface area contributed by atoms with Crippen LogP contribution in [0.5, 0.6) is 0 Å². The maximum Gasteiger partial charge on any atom is 0.416 e. The van der Waals surface area contributed by atoms with Gasteiger partial charge in [-0.3, -0.25) is 4.79 Å². The first-order valence-electron chi connectivity index (χ1n) is 9.10. The van der Waals surface area contributed by atoms with Crippen LogP contribution in [0.3, 0.4) is 0 Å². The molecule has 1 aromatic heterocycles. The van der Waals surface area contributed by atoms with E-state index in [9.17, 15) is 18.0 Å². The molecule has 2 aromatic rings. The average molecular weight is 377 g/mol. The van der Waals surface area contributed by atoms with E-state index in [0.29, 0.717) is 17.1 Å². The Balaban J connectivity index is 1.71.